The van der Waals surface area contributed by atoms with Crippen molar-refractivity contribution in [2.45, 2.75) is 72.1 Å². The smallest absolute Gasteiger partial charge is 0.225 e. The summed E-state index contributed by atoms with van der Waals surface area (Å²) in [6, 6.07) is 8.80. The predicted molar refractivity (Wildman–Crippen MR) is 111 cm³/mol. The van der Waals surface area contributed by atoms with Gasteiger partial charge in [0.15, 0.2) is 0 Å². The fraction of sp³-hybridized carbons (Fsp3) is 0.545. The Morgan fingerprint density at radius 2 is 1.96 bits per heavy atom. The van der Waals surface area contributed by atoms with Gasteiger partial charge in [-0.3, -0.25) is 0 Å². The fourth-order valence-electron chi connectivity index (χ4n) is 3.34. The molecule has 3 rings (SSSR count). The maximum absolute atomic E-state index is 10.3. The minimum atomic E-state index is -0.800. The zero-order chi connectivity index (χ0) is 19.6. The molecule has 5 heteroatoms. The molecule has 0 unspecified atom stereocenters. The third kappa shape index (κ3) is 4.59. The number of fused-ring (bicyclic) bond motifs is 1. The van der Waals surface area contributed by atoms with Crippen LogP contribution in [0.1, 0.15) is 63.4 Å². The number of nitrogens with zero attached hydrogens (tertiary/aromatic N) is 3. The quantitative estimate of drug-likeness (QED) is 0.806. The van der Waals surface area contributed by atoms with E-state index in [9.17, 15) is 5.11 Å². The van der Waals surface area contributed by atoms with Gasteiger partial charge in [0, 0.05) is 30.9 Å². The summed E-state index contributed by atoms with van der Waals surface area (Å²) in [6.07, 6.45) is 2.89. The van der Waals surface area contributed by atoms with Crippen LogP contribution in [0, 0.1) is 0 Å². The van der Waals surface area contributed by atoms with Crippen molar-refractivity contribution in [3.63, 3.8) is 0 Å². The molecule has 27 heavy (non-hydrogen) atoms. The standard InChI is InChI=1S/C22H32N4O/c1-6-15(3)23-21-24-19(7-2)13-20(25-21)26-11-10-16-12-18(22(4,5)27)9-8-17(16)14-26/h8-9,12-13,15,27H,6-7,10-11,14H2,1-5H3,(H,23,24,25)/t15-/m0/s1. The molecule has 0 amide bonds. The lowest BCUT2D eigenvalue weighted by molar-refractivity contribution is 0.0785. The van der Waals surface area contributed by atoms with Crippen molar-refractivity contribution in [1.82, 2.24) is 9.97 Å². The number of nitrogens with one attached hydrogen (secondary N) is 1. The highest BCUT2D eigenvalue weighted by molar-refractivity contribution is 5.49. The highest BCUT2D eigenvalue weighted by Crippen LogP contribution is 2.28. The lowest BCUT2D eigenvalue weighted by atomic mass is 9.91. The first kappa shape index (κ1) is 19.6. The van der Waals surface area contributed by atoms with Gasteiger partial charge in [-0.15, -0.1) is 0 Å². The largest absolute Gasteiger partial charge is 0.386 e. The topological polar surface area (TPSA) is 61.3 Å². The summed E-state index contributed by atoms with van der Waals surface area (Å²) in [6.45, 7) is 11.9. The Morgan fingerprint density at radius 1 is 1.19 bits per heavy atom. The Kier molecular flexibility index (Phi) is 5.70. The van der Waals surface area contributed by atoms with Crippen molar-refractivity contribution in [2.24, 2.45) is 0 Å². The Labute approximate surface area is 162 Å². The second kappa shape index (κ2) is 7.85. The van der Waals surface area contributed by atoms with E-state index in [4.69, 9.17) is 4.98 Å². The summed E-state index contributed by atoms with van der Waals surface area (Å²) < 4.78 is 0. The second-order valence-corrected chi connectivity index (χ2v) is 8.06. The monoisotopic (exact) mass is 368 g/mol. The molecule has 1 aliphatic heterocycles. The van der Waals surface area contributed by atoms with Crippen LogP contribution in [0.5, 0.6) is 0 Å². The molecular weight excluding hydrogens is 336 g/mol. The number of rotatable bonds is 6. The molecule has 0 spiro atoms. The molecule has 2 heterocycles. The van der Waals surface area contributed by atoms with E-state index in [-0.39, 0.29) is 0 Å². The molecule has 2 aromatic rings. The molecule has 0 saturated carbocycles. The van der Waals surface area contributed by atoms with Crippen molar-refractivity contribution in [3.8, 4) is 0 Å². The molecule has 0 fully saturated rings. The van der Waals surface area contributed by atoms with E-state index >= 15 is 0 Å². The Balaban J connectivity index is 1.85. The minimum absolute atomic E-state index is 0.354. The molecular formula is C22H32N4O. The Bertz CT molecular complexity index is 797. The number of hydrogen-bond acceptors (Lipinski definition) is 5. The van der Waals surface area contributed by atoms with E-state index in [2.05, 4.69) is 54.2 Å². The molecule has 0 radical (unpaired) electrons. The van der Waals surface area contributed by atoms with Crippen LogP contribution in [0.4, 0.5) is 11.8 Å². The fourth-order valence-corrected chi connectivity index (χ4v) is 3.34. The van der Waals surface area contributed by atoms with Crippen LogP contribution in [-0.2, 0) is 25.0 Å². The number of aromatic nitrogens is 2. The lowest BCUT2D eigenvalue weighted by Gasteiger charge is -2.31. The first-order valence-corrected chi connectivity index (χ1v) is 10.0. The zero-order valence-corrected chi connectivity index (χ0v) is 17.2. The molecule has 0 bridgehead atoms. The minimum Gasteiger partial charge on any atom is -0.386 e. The van der Waals surface area contributed by atoms with Gasteiger partial charge in [0.25, 0.3) is 0 Å². The zero-order valence-electron chi connectivity index (χ0n) is 17.2. The summed E-state index contributed by atoms with van der Waals surface area (Å²) in [4.78, 5) is 11.8. The van der Waals surface area contributed by atoms with E-state index in [1.54, 1.807) is 0 Å². The maximum Gasteiger partial charge on any atom is 0.225 e. The third-order valence-corrected chi connectivity index (χ3v) is 5.36. The van der Waals surface area contributed by atoms with Gasteiger partial charge in [0.1, 0.15) is 5.82 Å². The van der Waals surface area contributed by atoms with Gasteiger partial charge in [-0.2, -0.15) is 4.98 Å². The van der Waals surface area contributed by atoms with Crippen molar-refractivity contribution in [3.05, 3.63) is 46.6 Å². The van der Waals surface area contributed by atoms with Gasteiger partial charge < -0.3 is 15.3 Å². The number of anilines is 2. The first-order chi connectivity index (χ1) is 12.8. The van der Waals surface area contributed by atoms with Gasteiger partial charge in [0.2, 0.25) is 5.95 Å². The van der Waals surface area contributed by atoms with Gasteiger partial charge in [-0.05, 0) is 56.7 Å². The highest BCUT2D eigenvalue weighted by atomic mass is 16.3. The van der Waals surface area contributed by atoms with Crippen LogP contribution in [0.2, 0.25) is 0 Å². The van der Waals surface area contributed by atoms with E-state index in [1.165, 1.54) is 11.1 Å². The molecule has 0 aliphatic carbocycles. The van der Waals surface area contributed by atoms with Gasteiger partial charge in [-0.25, -0.2) is 4.98 Å². The molecule has 0 saturated heterocycles. The normalized spacial score (nSPS) is 15.4. The SMILES string of the molecule is CCc1cc(N2CCc3cc(C(C)(C)O)ccc3C2)nc(N[C@@H](C)CC)n1. The van der Waals surface area contributed by atoms with Crippen molar-refractivity contribution >= 4 is 11.8 Å². The first-order valence-electron chi connectivity index (χ1n) is 10.0. The van der Waals surface area contributed by atoms with E-state index in [1.807, 2.05) is 19.9 Å². The van der Waals surface area contributed by atoms with Crippen molar-refractivity contribution in [1.29, 1.82) is 0 Å². The number of aryl methyl sites for hydroxylation is 1. The summed E-state index contributed by atoms with van der Waals surface area (Å²) >= 11 is 0. The van der Waals surface area contributed by atoms with E-state index in [0.717, 1.165) is 55.4 Å². The lowest BCUT2D eigenvalue weighted by Crippen LogP contribution is -2.32. The number of hydrogen-bond donors (Lipinski definition) is 2. The summed E-state index contributed by atoms with van der Waals surface area (Å²) in [5.74, 6) is 1.71. The van der Waals surface area contributed by atoms with Crippen LogP contribution in [0.3, 0.4) is 0 Å². The van der Waals surface area contributed by atoms with Crippen LogP contribution < -0.4 is 10.2 Å². The summed E-state index contributed by atoms with van der Waals surface area (Å²) in [5, 5.41) is 13.7. The molecule has 2 N–H and O–H groups in total. The third-order valence-electron chi connectivity index (χ3n) is 5.36. The molecule has 1 atom stereocenters. The van der Waals surface area contributed by atoms with Crippen LogP contribution in [0.15, 0.2) is 24.3 Å². The Hall–Kier alpha value is -2.14. The molecule has 1 aromatic carbocycles. The summed E-state index contributed by atoms with van der Waals surface area (Å²) in [7, 11) is 0. The average Bonchev–Trinajstić information content (AvgIpc) is 2.65. The van der Waals surface area contributed by atoms with Crippen molar-refractivity contribution < 1.29 is 5.11 Å². The van der Waals surface area contributed by atoms with E-state index in [0.29, 0.717) is 6.04 Å². The number of benzene rings is 1. The second-order valence-electron chi connectivity index (χ2n) is 8.06. The van der Waals surface area contributed by atoms with Crippen LogP contribution >= 0.6 is 0 Å². The van der Waals surface area contributed by atoms with E-state index < -0.39 is 5.60 Å². The molecule has 1 aliphatic rings. The average molecular weight is 369 g/mol. The van der Waals surface area contributed by atoms with Crippen molar-refractivity contribution in [2.75, 3.05) is 16.8 Å². The Morgan fingerprint density at radius 3 is 2.63 bits per heavy atom. The highest BCUT2D eigenvalue weighted by Gasteiger charge is 2.22. The van der Waals surface area contributed by atoms with Gasteiger partial charge >= 0.3 is 0 Å². The molecule has 1 aromatic heterocycles. The molecule has 146 valence electrons. The van der Waals surface area contributed by atoms with Crippen LogP contribution in [-0.4, -0.2) is 27.7 Å². The maximum atomic E-state index is 10.3. The van der Waals surface area contributed by atoms with Gasteiger partial charge in [0.05, 0.1) is 5.60 Å². The predicted octanol–water partition coefficient (Wildman–Crippen LogP) is 4.04. The summed E-state index contributed by atoms with van der Waals surface area (Å²) in [5.41, 5.74) is 3.88. The van der Waals surface area contributed by atoms with Gasteiger partial charge in [-0.1, -0.05) is 32.0 Å². The van der Waals surface area contributed by atoms with Crippen LogP contribution in [0.25, 0.3) is 0 Å². The molecule has 5 nitrogen and oxygen atoms in total. The number of aliphatic hydroxyl groups is 1.